The van der Waals surface area contributed by atoms with Crippen molar-refractivity contribution in [1.29, 1.82) is 0 Å². The molecule has 1 aromatic carbocycles. The maximum absolute atomic E-state index is 12.0. The molecule has 1 amide bonds. The van der Waals surface area contributed by atoms with E-state index in [1.54, 1.807) is 0 Å². The summed E-state index contributed by atoms with van der Waals surface area (Å²) in [6.07, 6.45) is 2.45. The summed E-state index contributed by atoms with van der Waals surface area (Å²) in [7, 11) is 0. The van der Waals surface area contributed by atoms with E-state index in [1.165, 1.54) is 5.56 Å². The molecule has 4 heteroatoms. The van der Waals surface area contributed by atoms with Gasteiger partial charge in [-0.1, -0.05) is 30.3 Å². The largest absolute Gasteiger partial charge is 0.376 e. The molecule has 3 N–H and O–H groups in total. The highest BCUT2D eigenvalue weighted by molar-refractivity contribution is 5.81. The minimum absolute atomic E-state index is 0.0710. The van der Waals surface area contributed by atoms with Crippen LogP contribution in [0.2, 0.25) is 0 Å². The molecule has 1 fully saturated rings. The molecule has 0 aromatic heterocycles. The van der Waals surface area contributed by atoms with Crippen molar-refractivity contribution in [3.05, 3.63) is 35.9 Å². The first-order chi connectivity index (χ1) is 9.16. The summed E-state index contributed by atoms with van der Waals surface area (Å²) >= 11 is 0. The quantitative estimate of drug-likeness (QED) is 0.839. The number of hydrogen-bond donors (Lipinski definition) is 2. The van der Waals surface area contributed by atoms with Gasteiger partial charge in [-0.25, -0.2) is 0 Å². The van der Waals surface area contributed by atoms with Gasteiger partial charge in [-0.05, 0) is 31.7 Å². The van der Waals surface area contributed by atoms with Gasteiger partial charge in [-0.3, -0.25) is 4.79 Å². The Morgan fingerprint density at radius 2 is 2.21 bits per heavy atom. The molecule has 4 nitrogen and oxygen atoms in total. The molecule has 1 aromatic rings. The second kappa shape index (κ2) is 6.68. The van der Waals surface area contributed by atoms with E-state index in [0.717, 1.165) is 12.8 Å². The lowest BCUT2D eigenvalue weighted by Gasteiger charge is -2.19. The first-order valence-electron chi connectivity index (χ1n) is 6.88. The molecule has 19 heavy (non-hydrogen) atoms. The van der Waals surface area contributed by atoms with E-state index in [4.69, 9.17) is 10.5 Å². The number of carbonyl (C=O) groups excluding carboxylic acids is 1. The van der Waals surface area contributed by atoms with E-state index >= 15 is 0 Å². The van der Waals surface area contributed by atoms with Gasteiger partial charge in [0.1, 0.15) is 0 Å². The molecule has 1 saturated heterocycles. The molecule has 1 aliphatic rings. The fourth-order valence-electron chi connectivity index (χ4n) is 2.31. The first-order valence-corrected chi connectivity index (χ1v) is 6.88. The minimum atomic E-state index is -0.451. The van der Waals surface area contributed by atoms with E-state index in [-0.39, 0.29) is 18.1 Å². The van der Waals surface area contributed by atoms with Crippen LogP contribution >= 0.6 is 0 Å². The van der Waals surface area contributed by atoms with Crippen LogP contribution in [0.1, 0.15) is 25.3 Å². The van der Waals surface area contributed by atoms with Crippen molar-refractivity contribution < 1.29 is 9.53 Å². The Labute approximate surface area is 114 Å². The Balaban J connectivity index is 1.76. The molecule has 104 valence electrons. The summed E-state index contributed by atoms with van der Waals surface area (Å²) in [6, 6.07) is 9.74. The molecule has 0 bridgehead atoms. The number of aryl methyl sites for hydroxylation is 1. The van der Waals surface area contributed by atoms with Crippen molar-refractivity contribution in [2.24, 2.45) is 5.73 Å². The van der Waals surface area contributed by atoms with E-state index in [2.05, 4.69) is 17.4 Å². The van der Waals surface area contributed by atoms with Gasteiger partial charge in [0.15, 0.2) is 0 Å². The van der Waals surface area contributed by atoms with Crippen molar-refractivity contribution in [2.45, 2.75) is 44.4 Å². The number of benzene rings is 1. The topological polar surface area (TPSA) is 64.3 Å². The molecule has 3 unspecified atom stereocenters. The van der Waals surface area contributed by atoms with Crippen LogP contribution in [0.15, 0.2) is 30.3 Å². The van der Waals surface area contributed by atoms with Crippen LogP contribution < -0.4 is 11.1 Å². The van der Waals surface area contributed by atoms with Gasteiger partial charge in [0, 0.05) is 6.61 Å². The van der Waals surface area contributed by atoms with Crippen molar-refractivity contribution >= 4 is 5.91 Å². The molecular weight excluding hydrogens is 240 g/mol. The highest BCUT2D eigenvalue weighted by Crippen LogP contribution is 2.13. The van der Waals surface area contributed by atoms with Gasteiger partial charge in [0.2, 0.25) is 5.91 Å². The zero-order valence-corrected chi connectivity index (χ0v) is 11.3. The Morgan fingerprint density at radius 3 is 2.84 bits per heavy atom. The minimum Gasteiger partial charge on any atom is -0.376 e. The zero-order valence-electron chi connectivity index (χ0n) is 11.3. The second-order valence-corrected chi connectivity index (χ2v) is 5.11. The van der Waals surface area contributed by atoms with Gasteiger partial charge in [0.25, 0.3) is 0 Å². The predicted octanol–water partition coefficient (Wildman–Crippen LogP) is 1.24. The first kappa shape index (κ1) is 14.0. The monoisotopic (exact) mass is 262 g/mol. The summed E-state index contributed by atoms with van der Waals surface area (Å²) in [5, 5.41) is 2.98. The number of nitrogens with two attached hydrogens (primary N) is 1. The third-order valence-corrected chi connectivity index (χ3v) is 3.63. The number of nitrogens with one attached hydrogen (secondary N) is 1. The Hall–Kier alpha value is -1.39. The van der Waals surface area contributed by atoms with Gasteiger partial charge in [0.05, 0.1) is 18.2 Å². The van der Waals surface area contributed by atoms with Gasteiger partial charge in [-0.2, -0.15) is 0 Å². The van der Waals surface area contributed by atoms with E-state index in [0.29, 0.717) is 13.0 Å². The summed E-state index contributed by atoms with van der Waals surface area (Å²) < 4.78 is 5.42. The molecule has 0 radical (unpaired) electrons. The maximum atomic E-state index is 12.0. The third-order valence-electron chi connectivity index (χ3n) is 3.63. The number of hydrogen-bond acceptors (Lipinski definition) is 3. The van der Waals surface area contributed by atoms with Crippen LogP contribution in [0.4, 0.5) is 0 Å². The summed E-state index contributed by atoms with van der Waals surface area (Å²) in [4.78, 5) is 12.0. The fourth-order valence-corrected chi connectivity index (χ4v) is 2.31. The molecule has 0 spiro atoms. The van der Waals surface area contributed by atoms with Crippen molar-refractivity contribution in [3.8, 4) is 0 Å². The molecule has 1 heterocycles. The Morgan fingerprint density at radius 1 is 1.47 bits per heavy atom. The lowest BCUT2D eigenvalue weighted by atomic mass is 10.0. The maximum Gasteiger partial charge on any atom is 0.237 e. The van der Waals surface area contributed by atoms with E-state index in [1.807, 2.05) is 25.1 Å². The van der Waals surface area contributed by atoms with Crippen molar-refractivity contribution in [2.75, 3.05) is 6.61 Å². The van der Waals surface area contributed by atoms with Crippen LogP contribution in [-0.2, 0) is 16.0 Å². The fraction of sp³-hybridized carbons (Fsp3) is 0.533. The molecule has 0 aliphatic carbocycles. The van der Waals surface area contributed by atoms with Crippen molar-refractivity contribution in [3.63, 3.8) is 0 Å². The number of carbonyl (C=O) groups is 1. The molecule has 3 atom stereocenters. The molecule has 2 rings (SSSR count). The molecule has 0 saturated carbocycles. The second-order valence-electron chi connectivity index (χ2n) is 5.11. The normalized spacial score (nSPS) is 24.1. The van der Waals surface area contributed by atoms with Gasteiger partial charge >= 0.3 is 0 Å². The lowest BCUT2D eigenvalue weighted by molar-refractivity contribution is -0.123. The van der Waals surface area contributed by atoms with Crippen LogP contribution in [0, 0.1) is 0 Å². The third kappa shape index (κ3) is 4.04. The summed E-state index contributed by atoms with van der Waals surface area (Å²) in [5.41, 5.74) is 7.15. The predicted molar refractivity (Wildman–Crippen MR) is 74.7 cm³/mol. The highest BCUT2D eigenvalue weighted by Gasteiger charge is 2.27. The van der Waals surface area contributed by atoms with Crippen LogP contribution in [0.3, 0.4) is 0 Å². The highest BCUT2D eigenvalue weighted by atomic mass is 16.5. The zero-order chi connectivity index (χ0) is 13.7. The molecular formula is C15H22N2O2. The average molecular weight is 262 g/mol. The SMILES string of the molecule is CC1OCCC1NC(=O)C(N)CCc1ccccc1. The van der Waals surface area contributed by atoms with E-state index < -0.39 is 6.04 Å². The summed E-state index contributed by atoms with van der Waals surface area (Å²) in [6.45, 7) is 2.69. The van der Waals surface area contributed by atoms with Crippen LogP contribution in [0.25, 0.3) is 0 Å². The average Bonchev–Trinajstić information content (AvgIpc) is 2.82. The summed E-state index contributed by atoms with van der Waals surface area (Å²) in [5.74, 6) is -0.0710. The van der Waals surface area contributed by atoms with Gasteiger partial charge in [-0.15, -0.1) is 0 Å². The lowest BCUT2D eigenvalue weighted by Crippen LogP contribution is -2.47. The van der Waals surface area contributed by atoms with E-state index in [9.17, 15) is 4.79 Å². The smallest absolute Gasteiger partial charge is 0.237 e. The number of rotatable bonds is 5. The Kier molecular flexibility index (Phi) is 4.93. The van der Waals surface area contributed by atoms with Crippen LogP contribution in [0.5, 0.6) is 0 Å². The number of amides is 1. The van der Waals surface area contributed by atoms with Gasteiger partial charge < -0.3 is 15.8 Å². The number of ether oxygens (including phenoxy) is 1. The molecule has 1 aliphatic heterocycles. The standard InChI is InChI=1S/C15H22N2O2/c1-11-14(9-10-19-11)17-15(18)13(16)8-7-12-5-3-2-4-6-12/h2-6,11,13-14H,7-10,16H2,1H3,(H,17,18). The van der Waals surface area contributed by atoms with Crippen molar-refractivity contribution in [1.82, 2.24) is 5.32 Å². The van der Waals surface area contributed by atoms with Crippen LogP contribution in [-0.4, -0.2) is 30.7 Å². The Bertz CT molecular complexity index is 408.